The molecule has 0 aliphatic rings. The maximum Gasteiger partial charge on any atom is 0.126 e. The molecule has 0 amide bonds. The first kappa shape index (κ1) is 14.4. The Hall–Kier alpha value is -2.03. The zero-order valence-electron chi connectivity index (χ0n) is 12.4. The molecule has 0 saturated carbocycles. The minimum Gasteiger partial charge on any atom is -0.489 e. The number of hydrogen-bond donors (Lipinski definition) is 1. The van der Waals surface area contributed by atoms with Gasteiger partial charge in [-0.05, 0) is 55.2 Å². The van der Waals surface area contributed by atoms with Crippen molar-refractivity contribution >= 4 is 5.82 Å². The van der Waals surface area contributed by atoms with E-state index in [4.69, 9.17) is 4.74 Å². The van der Waals surface area contributed by atoms with E-state index in [0.29, 0.717) is 6.61 Å². The van der Waals surface area contributed by atoms with Crippen LogP contribution in [0.25, 0.3) is 0 Å². The number of benzene rings is 1. The molecule has 0 atom stereocenters. The van der Waals surface area contributed by atoms with Gasteiger partial charge in [0.1, 0.15) is 18.2 Å². The zero-order chi connectivity index (χ0) is 14.4. The van der Waals surface area contributed by atoms with Crippen molar-refractivity contribution in [2.24, 2.45) is 0 Å². The quantitative estimate of drug-likeness (QED) is 0.858. The van der Waals surface area contributed by atoms with Gasteiger partial charge in [0.15, 0.2) is 0 Å². The van der Waals surface area contributed by atoms with Crippen LogP contribution >= 0.6 is 0 Å². The molecule has 1 aromatic heterocycles. The number of nitrogens with zero attached hydrogens (tertiary/aromatic N) is 1. The van der Waals surface area contributed by atoms with Crippen molar-refractivity contribution in [1.29, 1.82) is 0 Å². The van der Waals surface area contributed by atoms with Gasteiger partial charge in [0.05, 0.1) is 0 Å². The molecule has 0 aliphatic heterocycles. The van der Waals surface area contributed by atoms with E-state index in [2.05, 4.69) is 37.1 Å². The average Bonchev–Trinajstić information content (AvgIpc) is 2.47. The van der Waals surface area contributed by atoms with E-state index < -0.39 is 0 Å². The number of hydrogen-bond acceptors (Lipinski definition) is 3. The highest BCUT2D eigenvalue weighted by Crippen LogP contribution is 2.21. The molecule has 2 aromatic rings. The molecular weight excluding hydrogens is 248 g/mol. The molecule has 0 spiro atoms. The number of rotatable bonds is 6. The van der Waals surface area contributed by atoms with Gasteiger partial charge < -0.3 is 10.1 Å². The van der Waals surface area contributed by atoms with Gasteiger partial charge in [-0.15, -0.1) is 0 Å². The van der Waals surface area contributed by atoms with Crippen LogP contribution in [0.15, 0.2) is 36.5 Å². The van der Waals surface area contributed by atoms with E-state index in [-0.39, 0.29) is 0 Å². The molecule has 3 nitrogen and oxygen atoms in total. The summed E-state index contributed by atoms with van der Waals surface area (Å²) in [6.45, 7) is 7.83. The Morgan fingerprint density at radius 2 is 2.05 bits per heavy atom. The third-order valence-electron chi connectivity index (χ3n) is 3.33. The second kappa shape index (κ2) is 6.94. The van der Waals surface area contributed by atoms with E-state index in [1.54, 1.807) is 0 Å². The van der Waals surface area contributed by atoms with Crippen LogP contribution in [0.3, 0.4) is 0 Å². The Bertz CT molecular complexity index is 567. The monoisotopic (exact) mass is 270 g/mol. The van der Waals surface area contributed by atoms with E-state index in [1.807, 2.05) is 30.5 Å². The summed E-state index contributed by atoms with van der Waals surface area (Å²) in [6, 6.07) is 10.2. The fourth-order valence-corrected chi connectivity index (χ4v) is 1.96. The topological polar surface area (TPSA) is 34.1 Å². The van der Waals surface area contributed by atoms with Gasteiger partial charge in [0.2, 0.25) is 0 Å². The van der Waals surface area contributed by atoms with Crippen LogP contribution in [-0.2, 0) is 6.61 Å². The standard InChI is InChI=1S/C17H22N2O/c1-4-9-18-17-11-15(8-10-19-17)12-20-16-7-5-6-13(2)14(16)3/h5-8,10-11H,4,9,12H2,1-3H3,(H,18,19). The number of nitrogens with one attached hydrogen (secondary N) is 1. The van der Waals surface area contributed by atoms with Crippen LogP contribution in [0.1, 0.15) is 30.0 Å². The van der Waals surface area contributed by atoms with Crippen molar-refractivity contribution in [1.82, 2.24) is 4.98 Å². The first-order valence-electron chi connectivity index (χ1n) is 7.08. The SMILES string of the molecule is CCCNc1cc(COc2cccc(C)c2C)ccn1. The number of aromatic nitrogens is 1. The lowest BCUT2D eigenvalue weighted by molar-refractivity contribution is 0.304. The highest BCUT2D eigenvalue weighted by Gasteiger charge is 2.03. The first-order valence-corrected chi connectivity index (χ1v) is 7.08. The summed E-state index contributed by atoms with van der Waals surface area (Å²) < 4.78 is 5.91. The molecule has 1 aromatic carbocycles. The number of aryl methyl sites for hydroxylation is 1. The minimum atomic E-state index is 0.563. The number of pyridine rings is 1. The van der Waals surface area contributed by atoms with Crippen LogP contribution in [-0.4, -0.2) is 11.5 Å². The maximum atomic E-state index is 5.91. The number of ether oxygens (including phenoxy) is 1. The molecule has 0 saturated heterocycles. The summed E-state index contributed by atoms with van der Waals surface area (Å²) in [5.74, 6) is 1.86. The maximum absolute atomic E-state index is 5.91. The molecule has 2 rings (SSSR count). The smallest absolute Gasteiger partial charge is 0.126 e. The summed E-state index contributed by atoms with van der Waals surface area (Å²) in [7, 11) is 0. The van der Waals surface area contributed by atoms with Crippen molar-refractivity contribution < 1.29 is 4.74 Å². The Labute approximate surface area is 121 Å². The largest absolute Gasteiger partial charge is 0.489 e. The second-order valence-electron chi connectivity index (χ2n) is 4.96. The van der Waals surface area contributed by atoms with Crippen LogP contribution < -0.4 is 10.1 Å². The van der Waals surface area contributed by atoms with Gasteiger partial charge in [-0.3, -0.25) is 0 Å². The van der Waals surface area contributed by atoms with Gasteiger partial charge in [0, 0.05) is 12.7 Å². The minimum absolute atomic E-state index is 0.563. The Morgan fingerprint density at radius 3 is 2.85 bits per heavy atom. The molecule has 0 aliphatic carbocycles. The van der Waals surface area contributed by atoms with Gasteiger partial charge in [-0.25, -0.2) is 4.98 Å². The Morgan fingerprint density at radius 1 is 1.20 bits per heavy atom. The van der Waals surface area contributed by atoms with Gasteiger partial charge in [-0.1, -0.05) is 19.1 Å². The molecule has 20 heavy (non-hydrogen) atoms. The predicted molar refractivity (Wildman–Crippen MR) is 83.3 cm³/mol. The normalized spacial score (nSPS) is 10.3. The predicted octanol–water partition coefficient (Wildman–Crippen LogP) is 4.10. The van der Waals surface area contributed by atoms with Crippen LogP contribution in [0.5, 0.6) is 5.75 Å². The summed E-state index contributed by atoms with van der Waals surface area (Å²) >= 11 is 0. The highest BCUT2D eigenvalue weighted by atomic mass is 16.5. The van der Waals surface area contributed by atoms with Crippen LogP contribution in [0.4, 0.5) is 5.82 Å². The molecule has 0 radical (unpaired) electrons. The molecule has 1 N–H and O–H groups in total. The fourth-order valence-electron chi connectivity index (χ4n) is 1.96. The van der Waals surface area contributed by atoms with Crippen LogP contribution in [0.2, 0.25) is 0 Å². The van der Waals surface area contributed by atoms with E-state index >= 15 is 0 Å². The summed E-state index contributed by atoms with van der Waals surface area (Å²) in [5, 5.41) is 3.29. The lowest BCUT2D eigenvalue weighted by Gasteiger charge is -2.11. The fraction of sp³-hybridized carbons (Fsp3) is 0.353. The molecule has 0 bridgehead atoms. The molecule has 3 heteroatoms. The Kier molecular flexibility index (Phi) is 4.99. The average molecular weight is 270 g/mol. The summed E-state index contributed by atoms with van der Waals surface area (Å²) in [4.78, 5) is 4.30. The summed E-state index contributed by atoms with van der Waals surface area (Å²) in [6.07, 6.45) is 2.91. The molecule has 0 fully saturated rings. The molecule has 106 valence electrons. The molecule has 0 unspecified atom stereocenters. The van der Waals surface area contributed by atoms with Crippen molar-refractivity contribution in [3.05, 3.63) is 53.2 Å². The first-order chi connectivity index (χ1) is 9.70. The summed E-state index contributed by atoms with van der Waals surface area (Å²) in [5.41, 5.74) is 3.58. The molecular formula is C17H22N2O. The van der Waals surface area contributed by atoms with Gasteiger partial charge >= 0.3 is 0 Å². The number of anilines is 1. The Balaban J connectivity index is 2.01. The van der Waals surface area contributed by atoms with Crippen molar-refractivity contribution in [2.45, 2.75) is 33.8 Å². The van der Waals surface area contributed by atoms with Crippen molar-refractivity contribution in [3.63, 3.8) is 0 Å². The van der Waals surface area contributed by atoms with E-state index in [1.165, 1.54) is 11.1 Å². The highest BCUT2D eigenvalue weighted by molar-refractivity contribution is 5.39. The molecule has 1 heterocycles. The van der Waals surface area contributed by atoms with Gasteiger partial charge in [0.25, 0.3) is 0 Å². The van der Waals surface area contributed by atoms with Gasteiger partial charge in [-0.2, -0.15) is 0 Å². The van der Waals surface area contributed by atoms with Crippen molar-refractivity contribution in [2.75, 3.05) is 11.9 Å². The lowest BCUT2D eigenvalue weighted by Crippen LogP contribution is -2.03. The lowest BCUT2D eigenvalue weighted by atomic mass is 10.1. The van der Waals surface area contributed by atoms with E-state index in [0.717, 1.165) is 30.1 Å². The third kappa shape index (κ3) is 3.73. The zero-order valence-corrected chi connectivity index (χ0v) is 12.4. The second-order valence-corrected chi connectivity index (χ2v) is 4.96. The van der Waals surface area contributed by atoms with Crippen molar-refractivity contribution in [3.8, 4) is 5.75 Å². The van der Waals surface area contributed by atoms with Crippen LogP contribution in [0, 0.1) is 13.8 Å². The third-order valence-corrected chi connectivity index (χ3v) is 3.33. The van der Waals surface area contributed by atoms with E-state index in [9.17, 15) is 0 Å².